The van der Waals surface area contributed by atoms with Gasteiger partial charge in [0.25, 0.3) is 0 Å². The first-order valence-corrected chi connectivity index (χ1v) is 31.5. The number of para-hydroxylation sites is 6. The Hall–Kier alpha value is -9.01. The molecular formula is C73H56BN2O3P3. The molecule has 0 aliphatic carbocycles. The number of hydrogen-bond acceptors (Lipinski definition) is 3. The normalized spacial score (nSPS) is 11.4. The number of aromatic nitrogens is 2. The maximum Gasteiger partial charge on any atom is 0.174 e. The molecule has 9 heteroatoms. The first-order valence-electron chi connectivity index (χ1n) is 27.3. The molecule has 0 aliphatic heterocycles. The predicted molar refractivity (Wildman–Crippen MR) is 353 cm³/mol. The Morgan fingerprint density at radius 2 is 0.537 bits per heavy atom. The predicted octanol–water partition coefficient (Wildman–Crippen LogP) is 16.3. The lowest BCUT2D eigenvalue weighted by Gasteiger charge is -2.25. The van der Waals surface area contributed by atoms with Gasteiger partial charge in [-0.15, -0.1) is 9.24 Å². The van der Waals surface area contributed by atoms with Crippen molar-refractivity contribution >= 4 is 107 Å². The number of benzene rings is 12. The highest BCUT2D eigenvalue weighted by molar-refractivity contribution is 7.86. The van der Waals surface area contributed by atoms with Crippen LogP contribution in [0.1, 0.15) is 0 Å². The summed E-state index contributed by atoms with van der Waals surface area (Å²) in [4.78, 5) is 0. The summed E-state index contributed by atoms with van der Waals surface area (Å²) in [5.41, 5.74) is 9.70. The molecule has 0 saturated carbocycles. The lowest BCUT2D eigenvalue weighted by molar-refractivity contribution is 0.489. The van der Waals surface area contributed by atoms with Gasteiger partial charge in [0.2, 0.25) is 0 Å². The quantitative estimate of drug-likeness (QED) is 0.0958. The summed E-state index contributed by atoms with van der Waals surface area (Å²) >= 11 is 0. The van der Waals surface area contributed by atoms with Crippen LogP contribution in [0.5, 0.6) is 11.5 Å². The van der Waals surface area contributed by atoms with E-state index in [2.05, 4.69) is 164 Å². The van der Waals surface area contributed by atoms with Crippen molar-refractivity contribution in [1.29, 1.82) is 0 Å². The number of hydrogen-bond donors (Lipinski definition) is 0. The smallest absolute Gasteiger partial charge is 0.174 e. The number of ether oxygens (including phenoxy) is 1. The summed E-state index contributed by atoms with van der Waals surface area (Å²) in [6.07, 6.45) is 0. The van der Waals surface area contributed by atoms with E-state index in [1.54, 1.807) is 0 Å². The second kappa shape index (κ2) is 24.0. The highest BCUT2D eigenvalue weighted by Crippen LogP contribution is 2.48. The lowest BCUT2D eigenvalue weighted by atomic mass is 10.0. The molecule has 14 aromatic rings. The first-order chi connectivity index (χ1) is 40.4. The van der Waals surface area contributed by atoms with E-state index in [1.165, 1.54) is 66.1 Å². The zero-order valence-corrected chi connectivity index (χ0v) is 47.8. The Kier molecular flexibility index (Phi) is 15.7. The molecule has 0 bridgehead atoms. The van der Waals surface area contributed by atoms with E-state index >= 15 is 9.13 Å². The van der Waals surface area contributed by atoms with Crippen molar-refractivity contribution in [2.24, 2.45) is 0 Å². The van der Waals surface area contributed by atoms with Gasteiger partial charge in [-0.3, -0.25) is 0 Å². The fourth-order valence-corrected chi connectivity index (χ4v) is 16.7. The van der Waals surface area contributed by atoms with Crippen LogP contribution in [0.25, 0.3) is 66.1 Å². The Bertz CT molecular complexity index is 4100. The van der Waals surface area contributed by atoms with Crippen LogP contribution < -0.4 is 36.6 Å². The Labute approximate surface area is 482 Å². The van der Waals surface area contributed by atoms with Gasteiger partial charge in [0, 0.05) is 54.1 Å². The summed E-state index contributed by atoms with van der Waals surface area (Å²) in [5.74, 6) is 0.923. The van der Waals surface area contributed by atoms with Crippen LogP contribution in [-0.4, -0.2) is 23.0 Å². The average molecular weight is 1110 g/mol. The third kappa shape index (κ3) is 10.2. The zero-order chi connectivity index (χ0) is 55.9. The van der Waals surface area contributed by atoms with Crippen LogP contribution in [0.2, 0.25) is 0 Å². The Morgan fingerprint density at radius 1 is 0.305 bits per heavy atom. The van der Waals surface area contributed by atoms with Gasteiger partial charge in [0.1, 0.15) is 11.5 Å². The number of rotatable bonds is 11. The first kappa shape index (κ1) is 53.6. The van der Waals surface area contributed by atoms with Gasteiger partial charge < -0.3 is 23.0 Å². The molecule has 0 amide bonds. The van der Waals surface area contributed by atoms with Crippen molar-refractivity contribution in [1.82, 2.24) is 9.13 Å². The second-order valence-corrected chi connectivity index (χ2v) is 25.6. The van der Waals surface area contributed by atoms with E-state index in [4.69, 9.17) is 12.6 Å². The molecule has 0 N–H and O–H groups in total. The molecule has 82 heavy (non-hydrogen) atoms. The molecule has 1 unspecified atom stereocenters. The van der Waals surface area contributed by atoms with Crippen LogP contribution in [0.3, 0.4) is 0 Å². The van der Waals surface area contributed by atoms with E-state index in [-0.39, 0.29) is 0 Å². The van der Waals surface area contributed by atoms with Crippen LogP contribution in [0.4, 0.5) is 0 Å². The summed E-state index contributed by atoms with van der Waals surface area (Å²) in [5, 5.41) is 9.18. The lowest BCUT2D eigenvalue weighted by Crippen LogP contribution is -2.27. The minimum Gasteiger partial charge on any atom is -0.456 e. The number of nitrogens with zero attached hydrogens (tertiary/aromatic N) is 2. The molecule has 5 nitrogen and oxygen atoms in total. The zero-order valence-electron chi connectivity index (χ0n) is 44.9. The molecule has 2 heterocycles. The van der Waals surface area contributed by atoms with Crippen LogP contribution in [-0.2, 0) is 9.13 Å². The highest BCUT2D eigenvalue weighted by atomic mass is 31.2. The summed E-state index contributed by atoms with van der Waals surface area (Å²) in [7, 11) is 0.533. The van der Waals surface area contributed by atoms with Crippen molar-refractivity contribution in [3.63, 3.8) is 0 Å². The SMILES string of the molecule is O=P(c1ccccc1)(c1ccccc1)c1ccccc1Oc1ccccc1P(=O)(c1ccccc1)c1ccccc1.[B]CP.c1ccc2c(c1)c1ccccc1n2-c1ccc(-c2ccc(-n3c4ccccc4c4ccccc43)cc2)cc1. The molecular weight excluding hydrogens is 1060 g/mol. The van der Waals surface area contributed by atoms with E-state index in [9.17, 15) is 0 Å². The van der Waals surface area contributed by atoms with Gasteiger partial charge in [-0.25, -0.2) is 0 Å². The maximum atomic E-state index is 15.2. The van der Waals surface area contributed by atoms with Gasteiger partial charge in [-0.1, -0.05) is 249 Å². The van der Waals surface area contributed by atoms with Crippen LogP contribution >= 0.6 is 23.5 Å². The molecule has 0 aliphatic rings. The highest BCUT2D eigenvalue weighted by Gasteiger charge is 2.35. The van der Waals surface area contributed by atoms with Crippen LogP contribution in [0.15, 0.2) is 315 Å². The molecule has 14 rings (SSSR count). The standard InChI is InChI=1S/C36H24N2.C36H28O3P2.CH4BP/c1-5-13-33-29(9-1)30-10-2-6-14-34(30)37(33)27-21-17-25(18-22-27)26-19-23-28(24-20-26)38-35-15-7-3-11-31(35)32-12-4-8-16-36(32)38;37-40(29-17-5-1-6-18-29,30-19-7-2-8-20-30)35-27-15-13-25-33(35)39-34-26-14-16-28-36(34)41(38,31-21-9-3-10-22-31)32-23-11-4-12-24-32;2-1-3/h1-24H;1-28H;1,3H2. The molecule has 0 spiro atoms. The van der Waals surface area contributed by atoms with Crippen molar-refractivity contribution < 1.29 is 13.9 Å². The van der Waals surface area contributed by atoms with E-state index < -0.39 is 14.3 Å². The minimum absolute atomic E-state index is 0.462. The van der Waals surface area contributed by atoms with Gasteiger partial charge in [0.15, 0.2) is 14.3 Å². The van der Waals surface area contributed by atoms with Crippen molar-refractivity contribution in [2.45, 2.75) is 0 Å². The van der Waals surface area contributed by atoms with Gasteiger partial charge in [-0.05, 0) is 83.9 Å². The summed E-state index contributed by atoms with van der Waals surface area (Å²) in [6, 6.07) is 106. The topological polar surface area (TPSA) is 53.2 Å². The third-order valence-electron chi connectivity index (χ3n) is 14.9. The van der Waals surface area contributed by atoms with Gasteiger partial charge >= 0.3 is 0 Å². The van der Waals surface area contributed by atoms with Gasteiger partial charge in [-0.2, -0.15) is 0 Å². The molecule has 394 valence electrons. The van der Waals surface area contributed by atoms with Crippen LogP contribution in [0, 0.1) is 0 Å². The third-order valence-corrected chi connectivity index (χ3v) is 21.0. The van der Waals surface area contributed by atoms with Crippen molar-refractivity contribution in [3.05, 3.63) is 315 Å². The summed E-state index contributed by atoms with van der Waals surface area (Å²) in [6.45, 7) is 0. The number of fused-ring (bicyclic) bond motifs is 6. The fourth-order valence-electron chi connectivity index (χ4n) is 11.1. The molecule has 0 saturated heterocycles. The van der Waals surface area contributed by atoms with E-state index in [1.807, 2.05) is 170 Å². The molecule has 0 fully saturated rings. The molecule has 12 aromatic carbocycles. The molecule has 1 atom stereocenters. The molecule has 2 aromatic heterocycles. The van der Waals surface area contributed by atoms with E-state index in [0.29, 0.717) is 28.2 Å². The minimum atomic E-state index is -3.32. The van der Waals surface area contributed by atoms with Crippen molar-refractivity contribution in [2.75, 3.05) is 6.06 Å². The fraction of sp³-hybridized carbons (Fsp3) is 0.0137. The largest absolute Gasteiger partial charge is 0.456 e. The Morgan fingerprint density at radius 3 is 0.817 bits per heavy atom. The monoisotopic (exact) mass is 1110 g/mol. The van der Waals surface area contributed by atoms with Crippen molar-refractivity contribution in [3.8, 4) is 34.0 Å². The summed E-state index contributed by atoms with van der Waals surface area (Å²) < 4.78 is 41.8. The Balaban J connectivity index is 0.000000155. The average Bonchev–Trinajstić information content (AvgIpc) is 4.13. The van der Waals surface area contributed by atoms with E-state index in [0.717, 1.165) is 21.2 Å². The van der Waals surface area contributed by atoms with Gasteiger partial charge in [0.05, 0.1) is 40.5 Å². The maximum absolute atomic E-state index is 15.2. The second-order valence-electron chi connectivity index (χ2n) is 19.7. The molecule has 2 radical (unpaired) electrons.